The fraction of sp³-hybridized carbons (Fsp3) is 0.818. The van der Waals surface area contributed by atoms with E-state index >= 15 is 0 Å². The SMILES string of the molecule is CCCC(C#N)C(=O)NCC1CCCS1. The highest BCUT2D eigenvalue weighted by atomic mass is 32.2. The number of nitrogens with one attached hydrogen (secondary N) is 1. The van der Waals surface area contributed by atoms with Gasteiger partial charge in [-0.05, 0) is 25.0 Å². The van der Waals surface area contributed by atoms with Crippen LogP contribution in [-0.4, -0.2) is 23.5 Å². The average molecular weight is 226 g/mol. The van der Waals surface area contributed by atoms with Crippen LogP contribution in [0.25, 0.3) is 0 Å². The molecule has 1 rings (SSSR count). The van der Waals surface area contributed by atoms with Crippen LogP contribution >= 0.6 is 11.8 Å². The molecule has 0 radical (unpaired) electrons. The second-order valence-corrected chi connectivity index (χ2v) is 5.26. The van der Waals surface area contributed by atoms with Crippen molar-refractivity contribution in [2.75, 3.05) is 12.3 Å². The van der Waals surface area contributed by atoms with Crippen molar-refractivity contribution < 1.29 is 4.79 Å². The monoisotopic (exact) mass is 226 g/mol. The quantitative estimate of drug-likeness (QED) is 0.779. The van der Waals surface area contributed by atoms with Gasteiger partial charge in [0, 0.05) is 11.8 Å². The van der Waals surface area contributed by atoms with Gasteiger partial charge in [-0.1, -0.05) is 13.3 Å². The molecule has 1 saturated heterocycles. The van der Waals surface area contributed by atoms with Crippen LogP contribution in [0, 0.1) is 17.2 Å². The van der Waals surface area contributed by atoms with E-state index in [0.29, 0.717) is 11.7 Å². The first-order valence-electron chi connectivity index (χ1n) is 5.56. The molecule has 0 spiro atoms. The summed E-state index contributed by atoms with van der Waals surface area (Å²) in [4.78, 5) is 11.6. The van der Waals surface area contributed by atoms with E-state index in [1.807, 2.05) is 18.7 Å². The topological polar surface area (TPSA) is 52.9 Å². The maximum atomic E-state index is 11.6. The summed E-state index contributed by atoms with van der Waals surface area (Å²) < 4.78 is 0. The van der Waals surface area contributed by atoms with E-state index < -0.39 is 5.92 Å². The first-order valence-corrected chi connectivity index (χ1v) is 6.61. The highest BCUT2D eigenvalue weighted by Crippen LogP contribution is 2.25. The van der Waals surface area contributed by atoms with Gasteiger partial charge in [0.05, 0.1) is 6.07 Å². The number of nitrogens with zero attached hydrogens (tertiary/aromatic N) is 1. The number of hydrogen-bond donors (Lipinski definition) is 1. The van der Waals surface area contributed by atoms with Gasteiger partial charge in [0.2, 0.25) is 5.91 Å². The first kappa shape index (κ1) is 12.4. The molecule has 4 heteroatoms. The highest BCUT2D eigenvalue weighted by Gasteiger charge is 2.20. The van der Waals surface area contributed by atoms with Crippen LogP contribution in [0.2, 0.25) is 0 Å². The maximum absolute atomic E-state index is 11.6. The Hall–Kier alpha value is -0.690. The Morgan fingerprint density at radius 3 is 3.07 bits per heavy atom. The normalized spacial score (nSPS) is 22.0. The van der Waals surface area contributed by atoms with Gasteiger partial charge in [0.1, 0.15) is 5.92 Å². The zero-order valence-electron chi connectivity index (χ0n) is 9.16. The lowest BCUT2D eigenvalue weighted by atomic mass is 10.0. The van der Waals surface area contributed by atoms with E-state index in [0.717, 1.165) is 13.0 Å². The Bertz CT molecular complexity index is 243. The van der Waals surface area contributed by atoms with E-state index in [1.165, 1.54) is 18.6 Å². The summed E-state index contributed by atoms with van der Waals surface area (Å²) in [5, 5.41) is 12.2. The molecule has 0 aromatic carbocycles. The number of carbonyl (C=O) groups excluding carboxylic acids is 1. The minimum atomic E-state index is -0.457. The molecule has 1 N–H and O–H groups in total. The van der Waals surface area contributed by atoms with Crippen LogP contribution < -0.4 is 5.32 Å². The Balaban J connectivity index is 2.24. The third-order valence-electron chi connectivity index (χ3n) is 2.58. The van der Waals surface area contributed by atoms with Crippen molar-refractivity contribution in [3.05, 3.63) is 0 Å². The van der Waals surface area contributed by atoms with Crippen LogP contribution in [0.5, 0.6) is 0 Å². The zero-order chi connectivity index (χ0) is 11.1. The van der Waals surface area contributed by atoms with Crippen molar-refractivity contribution in [2.24, 2.45) is 5.92 Å². The molecule has 15 heavy (non-hydrogen) atoms. The molecular formula is C11H18N2OS. The predicted octanol–water partition coefficient (Wildman–Crippen LogP) is 1.94. The summed E-state index contributed by atoms with van der Waals surface area (Å²) in [6.45, 7) is 2.72. The van der Waals surface area contributed by atoms with Crippen LogP contribution in [0.3, 0.4) is 0 Å². The van der Waals surface area contributed by atoms with E-state index in [-0.39, 0.29) is 5.91 Å². The number of amides is 1. The molecule has 0 aliphatic carbocycles. The molecule has 84 valence electrons. The summed E-state index contributed by atoms with van der Waals surface area (Å²) in [7, 11) is 0. The minimum absolute atomic E-state index is 0.0909. The summed E-state index contributed by atoms with van der Waals surface area (Å²) >= 11 is 1.92. The van der Waals surface area contributed by atoms with Crippen LogP contribution in [0.4, 0.5) is 0 Å². The van der Waals surface area contributed by atoms with Gasteiger partial charge in [-0.25, -0.2) is 0 Å². The van der Waals surface area contributed by atoms with Crippen molar-refractivity contribution >= 4 is 17.7 Å². The molecule has 2 unspecified atom stereocenters. The van der Waals surface area contributed by atoms with Gasteiger partial charge in [-0.2, -0.15) is 17.0 Å². The van der Waals surface area contributed by atoms with Crippen molar-refractivity contribution in [3.8, 4) is 6.07 Å². The Morgan fingerprint density at radius 1 is 1.73 bits per heavy atom. The van der Waals surface area contributed by atoms with Gasteiger partial charge in [-0.3, -0.25) is 4.79 Å². The second-order valence-electron chi connectivity index (χ2n) is 3.85. The molecule has 1 aliphatic heterocycles. The summed E-state index contributed by atoms with van der Waals surface area (Å²) in [5.41, 5.74) is 0. The largest absolute Gasteiger partial charge is 0.354 e. The van der Waals surface area contributed by atoms with Gasteiger partial charge >= 0.3 is 0 Å². The van der Waals surface area contributed by atoms with E-state index in [4.69, 9.17) is 5.26 Å². The third-order valence-corrected chi connectivity index (χ3v) is 3.98. The molecule has 1 fully saturated rings. The highest BCUT2D eigenvalue weighted by molar-refractivity contribution is 8.00. The summed E-state index contributed by atoms with van der Waals surface area (Å²) in [5.74, 6) is 0.658. The fourth-order valence-corrected chi connectivity index (χ4v) is 2.89. The number of carbonyl (C=O) groups is 1. The molecule has 0 aromatic heterocycles. The molecular weight excluding hydrogens is 208 g/mol. The molecule has 1 amide bonds. The smallest absolute Gasteiger partial charge is 0.237 e. The number of nitriles is 1. The van der Waals surface area contributed by atoms with Crippen LogP contribution in [0.1, 0.15) is 32.6 Å². The predicted molar refractivity (Wildman–Crippen MR) is 62.5 cm³/mol. The number of rotatable bonds is 5. The molecule has 3 nitrogen and oxygen atoms in total. The van der Waals surface area contributed by atoms with Gasteiger partial charge in [-0.15, -0.1) is 0 Å². The zero-order valence-corrected chi connectivity index (χ0v) is 9.98. The molecule has 0 bridgehead atoms. The number of thioether (sulfide) groups is 1. The average Bonchev–Trinajstić information content (AvgIpc) is 2.75. The summed E-state index contributed by atoms with van der Waals surface area (Å²) in [6, 6.07) is 2.06. The standard InChI is InChI=1S/C11H18N2OS/c1-2-4-9(7-12)11(14)13-8-10-5-3-6-15-10/h9-10H,2-6,8H2,1H3,(H,13,14). The lowest BCUT2D eigenvalue weighted by Crippen LogP contribution is -2.34. The second kappa shape index (κ2) is 6.73. The molecule has 2 atom stereocenters. The maximum Gasteiger partial charge on any atom is 0.237 e. The molecule has 1 heterocycles. The minimum Gasteiger partial charge on any atom is -0.354 e. The van der Waals surface area contributed by atoms with Gasteiger partial charge < -0.3 is 5.32 Å². The van der Waals surface area contributed by atoms with Crippen molar-refractivity contribution in [2.45, 2.75) is 37.9 Å². The lowest BCUT2D eigenvalue weighted by molar-refractivity contribution is -0.123. The van der Waals surface area contributed by atoms with Crippen LogP contribution in [-0.2, 0) is 4.79 Å². The van der Waals surface area contributed by atoms with E-state index in [1.54, 1.807) is 0 Å². The van der Waals surface area contributed by atoms with E-state index in [2.05, 4.69) is 11.4 Å². The third kappa shape index (κ3) is 4.13. The fourth-order valence-electron chi connectivity index (χ4n) is 1.69. The molecule has 0 saturated carbocycles. The number of hydrogen-bond acceptors (Lipinski definition) is 3. The van der Waals surface area contributed by atoms with Crippen molar-refractivity contribution in [1.29, 1.82) is 5.26 Å². The Labute approximate surface area is 95.6 Å². The van der Waals surface area contributed by atoms with Gasteiger partial charge in [0.25, 0.3) is 0 Å². The Morgan fingerprint density at radius 2 is 2.53 bits per heavy atom. The van der Waals surface area contributed by atoms with Gasteiger partial charge in [0.15, 0.2) is 0 Å². The Kier molecular flexibility index (Phi) is 5.56. The molecule has 1 aliphatic rings. The first-order chi connectivity index (χ1) is 7.27. The van der Waals surface area contributed by atoms with Crippen LogP contribution in [0.15, 0.2) is 0 Å². The lowest BCUT2D eigenvalue weighted by Gasteiger charge is -2.12. The van der Waals surface area contributed by atoms with E-state index in [9.17, 15) is 4.79 Å². The van der Waals surface area contributed by atoms with Crippen molar-refractivity contribution in [3.63, 3.8) is 0 Å². The van der Waals surface area contributed by atoms with Crippen molar-refractivity contribution in [1.82, 2.24) is 5.32 Å². The summed E-state index contributed by atoms with van der Waals surface area (Å²) in [6.07, 6.45) is 3.99. The molecule has 0 aromatic rings.